The van der Waals surface area contributed by atoms with E-state index < -0.39 is 17.9 Å². The summed E-state index contributed by atoms with van der Waals surface area (Å²) in [6.45, 7) is 9.02. The zero-order valence-electron chi connectivity index (χ0n) is 18.5. The lowest BCUT2D eigenvalue weighted by Crippen LogP contribution is -2.60. The highest BCUT2D eigenvalue weighted by molar-refractivity contribution is 7.80. The van der Waals surface area contributed by atoms with Gasteiger partial charge in [-0.05, 0) is 56.6 Å². The van der Waals surface area contributed by atoms with E-state index in [1.807, 2.05) is 0 Å². The Balaban J connectivity index is 2.02. The van der Waals surface area contributed by atoms with Crippen LogP contribution < -0.4 is 15.4 Å². The van der Waals surface area contributed by atoms with E-state index in [9.17, 15) is 14.4 Å². The predicted octanol–water partition coefficient (Wildman–Crippen LogP) is 2.27. The number of hydrogen-bond donors (Lipinski definition) is 2. The van der Waals surface area contributed by atoms with Gasteiger partial charge in [0.1, 0.15) is 11.8 Å². The minimum atomic E-state index is -0.835. The molecular weight excluding hydrogens is 418 g/mol. The van der Waals surface area contributed by atoms with Crippen LogP contribution in [0.1, 0.15) is 50.9 Å². The molecule has 0 aromatic heterocycles. The Kier molecular flexibility index (Phi) is 9.23. The van der Waals surface area contributed by atoms with Crippen LogP contribution in [0.25, 0.3) is 0 Å². The molecule has 0 spiro atoms. The van der Waals surface area contributed by atoms with Gasteiger partial charge < -0.3 is 19.7 Å². The van der Waals surface area contributed by atoms with E-state index in [0.29, 0.717) is 36.9 Å². The monoisotopic (exact) mass is 449 g/mol. The average Bonchev–Trinajstić information content (AvgIpc) is 2.68. The zero-order chi connectivity index (χ0) is 23.0. The van der Waals surface area contributed by atoms with Crippen molar-refractivity contribution < 1.29 is 23.9 Å². The summed E-state index contributed by atoms with van der Waals surface area (Å²) >= 11 is 5.38. The highest BCUT2D eigenvalue weighted by Gasteiger charge is 2.34. The smallest absolute Gasteiger partial charge is 0.308 e. The van der Waals surface area contributed by atoms with E-state index in [1.165, 1.54) is 0 Å². The molecule has 0 bridgehead atoms. The van der Waals surface area contributed by atoms with Crippen LogP contribution >= 0.6 is 12.2 Å². The Morgan fingerprint density at radius 3 is 2.71 bits per heavy atom. The summed E-state index contributed by atoms with van der Waals surface area (Å²) in [6.07, 6.45) is 0.478. The first-order valence-electron chi connectivity index (χ1n) is 10.5. The predicted molar refractivity (Wildman–Crippen MR) is 121 cm³/mol. The van der Waals surface area contributed by atoms with Crippen LogP contribution in [0.2, 0.25) is 0 Å². The molecule has 170 valence electrons. The molecule has 2 rings (SSSR count). The standard InChI is InChI=1S/C22H31N3O5S/c1-14(2)8-11-29-17-7-5-6-16(12-17)20(27)24-22(31)25-10-9-23-21(28)18(25)13-19(26)30-15(3)4/h5-7,12,14-15,18H,8-11,13H2,1-4H3,(H,23,28)(H,24,27,31). The van der Waals surface area contributed by atoms with E-state index in [4.69, 9.17) is 21.7 Å². The van der Waals surface area contributed by atoms with Crippen LogP contribution in [0.15, 0.2) is 24.3 Å². The minimum Gasteiger partial charge on any atom is -0.494 e. The first-order valence-corrected chi connectivity index (χ1v) is 10.9. The number of amides is 2. The number of rotatable bonds is 8. The number of piperazine rings is 1. The van der Waals surface area contributed by atoms with Crippen molar-refractivity contribution in [2.45, 2.75) is 52.7 Å². The Morgan fingerprint density at radius 1 is 1.29 bits per heavy atom. The van der Waals surface area contributed by atoms with E-state index in [-0.39, 0.29) is 23.5 Å². The molecule has 2 amide bonds. The number of hydrogen-bond acceptors (Lipinski definition) is 6. The van der Waals surface area contributed by atoms with Crippen LogP contribution in [0.3, 0.4) is 0 Å². The van der Waals surface area contributed by atoms with Gasteiger partial charge in [-0.3, -0.25) is 19.7 Å². The first-order chi connectivity index (χ1) is 14.7. The van der Waals surface area contributed by atoms with Gasteiger partial charge in [0, 0.05) is 18.7 Å². The minimum absolute atomic E-state index is 0.0910. The molecule has 1 saturated heterocycles. The van der Waals surface area contributed by atoms with Crippen molar-refractivity contribution in [1.82, 2.24) is 15.5 Å². The Bertz CT molecular complexity index is 812. The SMILES string of the molecule is CC(C)CCOc1cccc(C(=O)NC(=S)N2CCNC(=O)C2CC(=O)OC(C)C)c1. The number of nitrogens with zero attached hydrogens (tertiary/aromatic N) is 1. The van der Waals surface area contributed by atoms with Crippen molar-refractivity contribution in [2.24, 2.45) is 5.92 Å². The lowest BCUT2D eigenvalue weighted by molar-refractivity contribution is -0.150. The second-order valence-electron chi connectivity index (χ2n) is 8.06. The van der Waals surface area contributed by atoms with Gasteiger partial charge in [0.15, 0.2) is 5.11 Å². The molecule has 2 N–H and O–H groups in total. The molecule has 0 aliphatic carbocycles. The van der Waals surface area contributed by atoms with Gasteiger partial charge in [-0.1, -0.05) is 19.9 Å². The summed E-state index contributed by atoms with van der Waals surface area (Å²) in [7, 11) is 0. The Morgan fingerprint density at radius 2 is 2.03 bits per heavy atom. The molecule has 1 aliphatic heterocycles. The fourth-order valence-corrected chi connectivity index (χ4v) is 3.32. The zero-order valence-corrected chi connectivity index (χ0v) is 19.3. The van der Waals surface area contributed by atoms with Crippen LogP contribution in [-0.2, 0) is 14.3 Å². The molecule has 9 heteroatoms. The summed E-state index contributed by atoms with van der Waals surface area (Å²) in [4.78, 5) is 38.7. The van der Waals surface area contributed by atoms with Gasteiger partial charge in [0.25, 0.3) is 5.91 Å². The second kappa shape index (κ2) is 11.6. The van der Waals surface area contributed by atoms with Crippen LogP contribution in [-0.4, -0.2) is 59.6 Å². The molecule has 1 atom stereocenters. The third-order valence-corrected chi connectivity index (χ3v) is 4.94. The Labute approximate surface area is 188 Å². The van der Waals surface area contributed by atoms with Crippen molar-refractivity contribution in [2.75, 3.05) is 19.7 Å². The van der Waals surface area contributed by atoms with Crippen molar-refractivity contribution in [3.63, 3.8) is 0 Å². The Hall–Kier alpha value is -2.68. The van der Waals surface area contributed by atoms with Gasteiger partial charge in [-0.25, -0.2) is 0 Å². The maximum atomic E-state index is 12.7. The average molecular weight is 450 g/mol. The van der Waals surface area contributed by atoms with Crippen molar-refractivity contribution in [3.8, 4) is 5.75 Å². The topological polar surface area (TPSA) is 97.0 Å². The van der Waals surface area contributed by atoms with Gasteiger partial charge >= 0.3 is 5.97 Å². The number of nitrogens with one attached hydrogen (secondary N) is 2. The second-order valence-corrected chi connectivity index (χ2v) is 8.45. The fraction of sp³-hybridized carbons (Fsp3) is 0.545. The molecule has 0 radical (unpaired) electrons. The number of carbonyl (C=O) groups excluding carboxylic acids is 3. The highest BCUT2D eigenvalue weighted by Crippen LogP contribution is 2.16. The lowest BCUT2D eigenvalue weighted by atomic mass is 10.1. The quantitative estimate of drug-likeness (QED) is 0.464. The van der Waals surface area contributed by atoms with E-state index in [1.54, 1.807) is 43.0 Å². The highest BCUT2D eigenvalue weighted by atomic mass is 32.1. The number of esters is 1. The molecule has 8 nitrogen and oxygen atoms in total. The number of benzene rings is 1. The van der Waals surface area contributed by atoms with Gasteiger partial charge in [0.05, 0.1) is 19.1 Å². The molecule has 31 heavy (non-hydrogen) atoms. The summed E-state index contributed by atoms with van der Waals surface area (Å²) in [5.41, 5.74) is 0.390. The van der Waals surface area contributed by atoms with Gasteiger partial charge in [-0.2, -0.15) is 0 Å². The molecular formula is C22H31N3O5S. The molecule has 1 aromatic carbocycles. The maximum absolute atomic E-state index is 12.7. The van der Waals surface area contributed by atoms with E-state index in [0.717, 1.165) is 6.42 Å². The molecule has 1 unspecified atom stereocenters. The third-order valence-electron chi connectivity index (χ3n) is 4.60. The maximum Gasteiger partial charge on any atom is 0.308 e. The first kappa shape index (κ1) is 24.6. The summed E-state index contributed by atoms with van der Waals surface area (Å²) < 4.78 is 10.9. The summed E-state index contributed by atoms with van der Waals surface area (Å²) in [5, 5.41) is 5.47. The normalized spacial score (nSPS) is 16.1. The van der Waals surface area contributed by atoms with Crippen molar-refractivity contribution in [3.05, 3.63) is 29.8 Å². The van der Waals surface area contributed by atoms with Crippen LogP contribution in [0.4, 0.5) is 0 Å². The summed E-state index contributed by atoms with van der Waals surface area (Å²) in [6, 6.07) is 6.01. The van der Waals surface area contributed by atoms with Crippen LogP contribution in [0, 0.1) is 5.92 Å². The fourth-order valence-electron chi connectivity index (χ4n) is 3.01. The van der Waals surface area contributed by atoms with E-state index in [2.05, 4.69) is 24.5 Å². The number of carbonyl (C=O) groups is 3. The summed E-state index contributed by atoms with van der Waals surface area (Å²) in [5.74, 6) is -0.109. The molecule has 1 fully saturated rings. The number of thiocarbonyl (C=S) groups is 1. The third kappa shape index (κ3) is 7.82. The van der Waals surface area contributed by atoms with Gasteiger partial charge in [-0.15, -0.1) is 0 Å². The largest absolute Gasteiger partial charge is 0.494 e. The van der Waals surface area contributed by atoms with Crippen LogP contribution in [0.5, 0.6) is 5.75 Å². The van der Waals surface area contributed by atoms with E-state index >= 15 is 0 Å². The molecule has 0 saturated carbocycles. The molecule has 1 aliphatic rings. The van der Waals surface area contributed by atoms with Gasteiger partial charge in [0.2, 0.25) is 5.91 Å². The van der Waals surface area contributed by atoms with Crippen molar-refractivity contribution >= 4 is 35.1 Å². The molecule has 1 heterocycles. The van der Waals surface area contributed by atoms with Crippen molar-refractivity contribution in [1.29, 1.82) is 0 Å². The molecule has 1 aromatic rings. The number of ether oxygens (including phenoxy) is 2. The lowest BCUT2D eigenvalue weighted by Gasteiger charge is -2.36.